The van der Waals surface area contributed by atoms with Crippen LogP contribution in [0.2, 0.25) is 0 Å². The number of aliphatic hydroxyl groups excluding tert-OH is 1. The third-order valence-electron chi connectivity index (χ3n) is 5.21. The highest BCUT2D eigenvalue weighted by atomic mass is 16.3. The number of phenols is 1. The first kappa shape index (κ1) is 19.5. The number of Topliss-reactive ketones (excluding diaryl/α,β-unsaturated/α-hetero) is 1. The first-order valence-corrected chi connectivity index (χ1v) is 9.64. The Hall–Kier alpha value is -3.80. The molecule has 1 aromatic heterocycles. The molecule has 1 atom stereocenters. The van der Waals surface area contributed by atoms with E-state index in [9.17, 15) is 19.8 Å². The van der Waals surface area contributed by atoms with Gasteiger partial charge in [-0.1, -0.05) is 42.5 Å². The first-order chi connectivity index (χ1) is 14.5. The van der Waals surface area contributed by atoms with Crippen LogP contribution in [0.25, 0.3) is 0 Å². The van der Waals surface area contributed by atoms with E-state index in [2.05, 4.69) is 0 Å². The minimum atomic E-state index is -0.778. The molecule has 1 aliphatic heterocycles. The smallest absolute Gasteiger partial charge is 0.290 e. The summed E-state index contributed by atoms with van der Waals surface area (Å²) in [4.78, 5) is 27.5. The highest BCUT2D eigenvalue weighted by Gasteiger charge is 2.44. The molecule has 152 valence electrons. The minimum Gasteiger partial charge on any atom is -0.508 e. The van der Waals surface area contributed by atoms with Crippen molar-refractivity contribution < 1.29 is 24.2 Å². The van der Waals surface area contributed by atoms with Crippen molar-refractivity contribution >= 4 is 11.7 Å². The van der Waals surface area contributed by atoms with Crippen molar-refractivity contribution in [2.45, 2.75) is 19.4 Å². The maximum absolute atomic E-state index is 13.1. The number of hydrogen-bond donors (Lipinski definition) is 2. The predicted octanol–water partition coefficient (Wildman–Crippen LogP) is 4.11. The van der Waals surface area contributed by atoms with Crippen LogP contribution in [0.5, 0.6) is 5.75 Å². The average Bonchev–Trinajstić information content (AvgIpc) is 3.29. The number of aliphatic hydroxyl groups is 1. The molecule has 6 heteroatoms. The number of carbonyl (C=O) groups is 2. The van der Waals surface area contributed by atoms with E-state index in [-0.39, 0.29) is 17.1 Å². The number of rotatable bonds is 6. The molecular formula is C24H21NO5. The van der Waals surface area contributed by atoms with Crippen molar-refractivity contribution in [1.82, 2.24) is 4.90 Å². The molecule has 6 nitrogen and oxygen atoms in total. The molecule has 1 aliphatic rings. The van der Waals surface area contributed by atoms with Crippen LogP contribution < -0.4 is 0 Å². The van der Waals surface area contributed by atoms with Gasteiger partial charge in [0.25, 0.3) is 5.91 Å². The second kappa shape index (κ2) is 7.91. The zero-order chi connectivity index (χ0) is 21.3. The number of carbonyl (C=O) groups excluding carboxylic acids is 2. The Bertz CT molecular complexity index is 1110. The van der Waals surface area contributed by atoms with Crippen molar-refractivity contribution in [3.8, 4) is 5.75 Å². The number of aromatic hydroxyl groups is 1. The van der Waals surface area contributed by atoms with Gasteiger partial charge in [-0.2, -0.15) is 0 Å². The molecule has 0 saturated heterocycles. The maximum Gasteiger partial charge on any atom is 0.290 e. The van der Waals surface area contributed by atoms with Crippen LogP contribution in [0.3, 0.4) is 0 Å². The zero-order valence-electron chi connectivity index (χ0n) is 16.4. The lowest BCUT2D eigenvalue weighted by Gasteiger charge is -2.26. The van der Waals surface area contributed by atoms with Gasteiger partial charge in [0.15, 0.2) is 11.5 Å². The summed E-state index contributed by atoms with van der Waals surface area (Å²) in [6.45, 7) is 2.03. The van der Waals surface area contributed by atoms with Gasteiger partial charge in [0.05, 0.1) is 11.6 Å². The number of amides is 1. The Kier molecular flexibility index (Phi) is 5.14. The van der Waals surface area contributed by atoms with Crippen molar-refractivity contribution in [2.24, 2.45) is 0 Å². The quantitative estimate of drug-likeness (QED) is 0.605. The fraction of sp³-hybridized carbons (Fsp3) is 0.167. The molecular weight excluding hydrogens is 382 g/mol. The largest absolute Gasteiger partial charge is 0.508 e. The van der Waals surface area contributed by atoms with Crippen LogP contribution >= 0.6 is 0 Å². The summed E-state index contributed by atoms with van der Waals surface area (Å²) in [6.07, 6.45) is 0.565. The molecule has 0 radical (unpaired) electrons. The number of hydrogen-bond acceptors (Lipinski definition) is 5. The van der Waals surface area contributed by atoms with E-state index in [1.54, 1.807) is 25.1 Å². The molecule has 2 N–H and O–H groups in total. The van der Waals surface area contributed by atoms with E-state index < -0.39 is 23.5 Å². The van der Waals surface area contributed by atoms with E-state index in [4.69, 9.17) is 4.42 Å². The fourth-order valence-electron chi connectivity index (χ4n) is 3.70. The van der Waals surface area contributed by atoms with Gasteiger partial charge in [0.2, 0.25) is 5.78 Å². The van der Waals surface area contributed by atoms with E-state index in [1.807, 2.05) is 30.3 Å². The third kappa shape index (κ3) is 3.59. The number of aryl methyl sites for hydroxylation is 1. The van der Waals surface area contributed by atoms with E-state index in [0.717, 1.165) is 5.56 Å². The third-order valence-corrected chi connectivity index (χ3v) is 5.21. The van der Waals surface area contributed by atoms with Gasteiger partial charge in [-0.05, 0) is 48.7 Å². The SMILES string of the molecule is Cc1ccc(C(=O)C2=C(O)C(=O)N(CCc3ccccc3)C2c2ccc(O)cc2)o1. The Morgan fingerprint density at radius 1 is 1.00 bits per heavy atom. The molecule has 0 saturated carbocycles. The van der Waals surface area contributed by atoms with Crippen molar-refractivity contribution in [1.29, 1.82) is 0 Å². The topological polar surface area (TPSA) is 91.0 Å². The Morgan fingerprint density at radius 2 is 1.70 bits per heavy atom. The van der Waals surface area contributed by atoms with Crippen LogP contribution in [0, 0.1) is 6.92 Å². The zero-order valence-corrected chi connectivity index (χ0v) is 16.4. The van der Waals surface area contributed by atoms with Crippen molar-refractivity contribution in [3.63, 3.8) is 0 Å². The lowest BCUT2D eigenvalue weighted by molar-refractivity contribution is -0.129. The van der Waals surface area contributed by atoms with Gasteiger partial charge in [-0.15, -0.1) is 0 Å². The molecule has 0 aliphatic carbocycles. The van der Waals surface area contributed by atoms with E-state index in [1.165, 1.54) is 23.1 Å². The number of ketones is 1. The molecule has 2 heterocycles. The van der Waals surface area contributed by atoms with Crippen LogP contribution in [0.15, 0.2) is 82.5 Å². The molecule has 2 aromatic carbocycles. The highest BCUT2D eigenvalue weighted by molar-refractivity contribution is 6.15. The van der Waals surface area contributed by atoms with Gasteiger partial charge >= 0.3 is 0 Å². The predicted molar refractivity (Wildman–Crippen MR) is 110 cm³/mol. The molecule has 0 fully saturated rings. The summed E-state index contributed by atoms with van der Waals surface area (Å²) < 4.78 is 5.44. The molecule has 0 bridgehead atoms. The Morgan fingerprint density at radius 3 is 2.33 bits per heavy atom. The lowest BCUT2D eigenvalue weighted by Crippen LogP contribution is -2.33. The standard InChI is InChI=1S/C24H21NO5/c1-15-7-12-19(30-15)22(27)20-21(17-8-10-18(26)11-9-17)25(24(29)23(20)28)14-13-16-5-3-2-4-6-16/h2-12,21,26,28H,13-14H2,1H3. The number of benzene rings is 2. The lowest BCUT2D eigenvalue weighted by atomic mass is 9.95. The average molecular weight is 403 g/mol. The Labute approximate surface area is 173 Å². The second-order valence-corrected chi connectivity index (χ2v) is 7.23. The summed E-state index contributed by atoms with van der Waals surface area (Å²) in [6, 6.07) is 18.3. The Balaban J connectivity index is 1.72. The fourth-order valence-corrected chi connectivity index (χ4v) is 3.70. The number of furan rings is 1. The molecule has 4 rings (SSSR count). The summed E-state index contributed by atoms with van der Waals surface area (Å²) in [7, 11) is 0. The molecule has 0 spiro atoms. The van der Waals surface area contributed by atoms with Crippen molar-refractivity contribution in [2.75, 3.05) is 6.54 Å². The summed E-state index contributed by atoms with van der Waals surface area (Å²) in [5.74, 6) is -1.01. The van der Waals surface area contributed by atoms with E-state index >= 15 is 0 Å². The molecule has 1 amide bonds. The van der Waals surface area contributed by atoms with Gasteiger partial charge in [0, 0.05) is 6.54 Å². The molecule has 30 heavy (non-hydrogen) atoms. The summed E-state index contributed by atoms with van der Waals surface area (Å²) in [5, 5.41) is 20.3. The van der Waals surface area contributed by atoms with Gasteiger partial charge in [0.1, 0.15) is 11.5 Å². The molecule has 3 aromatic rings. The monoisotopic (exact) mass is 403 g/mol. The number of nitrogens with zero attached hydrogens (tertiary/aromatic N) is 1. The van der Waals surface area contributed by atoms with Gasteiger partial charge in [-0.3, -0.25) is 9.59 Å². The van der Waals surface area contributed by atoms with Crippen LogP contribution in [0.4, 0.5) is 0 Å². The van der Waals surface area contributed by atoms with E-state index in [0.29, 0.717) is 24.3 Å². The number of phenolic OH excluding ortho intramolecular Hbond substituents is 1. The van der Waals surface area contributed by atoms with Crippen molar-refractivity contribution in [3.05, 3.63) is 101 Å². The molecule has 1 unspecified atom stereocenters. The summed E-state index contributed by atoms with van der Waals surface area (Å²) in [5.41, 5.74) is 1.63. The maximum atomic E-state index is 13.1. The van der Waals surface area contributed by atoms with Crippen LogP contribution in [-0.4, -0.2) is 33.3 Å². The van der Waals surface area contributed by atoms with Crippen LogP contribution in [-0.2, 0) is 11.2 Å². The second-order valence-electron chi connectivity index (χ2n) is 7.23. The highest BCUT2D eigenvalue weighted by Crippen LogP contribution is 2.39. The van der Waals surface area contributed by atoms with Gasteiger partial charge < -0.3 is 19.5 Å². The van der Waals surface area contributed by atoms with Gasteiger partial charge in [-0.25, -0.2) is 0 Å². The normalized spacial score (nSPS) is 16.4. The van der Waals surface area contributed by atoms with Crippen LogP contribution in [0.1, 0.15) is 33.5 Å². The summed E-state index contributed by atoms with van der Waals surface area (Å²) >= 11 is 0. The first-order valence-electron chi connectivity index (χ1n) is 9.64. The minimum absolute atomic E-state index is 0.0203.